The Morgan fingerprint density at radius 2 is 1.68 bits per heavy atom. The van der Waals surface area contributed by atoms with Crippen molar-refractivity contribution in [3.05, 3.63) is 59.0 Å². The van der Waals surface area contributed by atoms with E-state index in [1.165, 1.54) is 11.1 Å². The molecule has 4 rings (SSSR count). The highest BCUT2D eigenvalue weighted by Gasteiger charge is 2.30. The van der Waals surface area contributed by atoms with Gasteiger partial charge in [-0.05, 0) is 36.1 Å². The fraction of sp³-hybridized carbons (Fsp3) is 0.500. The number of aliphatic hydroxyl groups excluding tert-OH is 2. The van der Waals surface area contributed by atoms with Gasteiger partial charge in [0.2, 0.25) is 0 Å². The molecular weight excluding hydrogens is 316 g/mol. The maximum atomic E-state index is 10.5. The number of hydrogen-bond donors (Lipinski definition) is 2. The molecule has 0 bridgehead atoms. The molecule has 2 N–H and O–H groups in total. The van der Waals surface area contributed by atoms with Crippen LogP contribution in [0.2, 0.25) is 0 Å². The van der Waals surface area contributed by atoms with Crippen molar-refractivity contribution < 1.29 is 14.6 Å². The molecule has 1 aromatic carbocycles. The molecular formula is C20H26N2O3. The highest BCUT2D eigenvalue weighted by atomic mass is 16.4. The summed E-state index contributed by atoms with van der Waals surface area (Å²) >= 11 is 0. The third-order valence-corrected chi connectivity index (χ3v) is 5.42. The summed E-state index contributed by atoms with van der Waals surface area (Å²) in [5.41, 5.74) is 2.91. The Balaban J connectivity index is 1.38. The van der Waals surface area contributed by atoms with E-state index in [-0.39, 0.29) is 12.7 Å². The van der Waals surface area contributed by atoms with Crippen LogP contribution in [0.1, 0.15) is 22.6 Å². The van der Waals surface area contributed by atoms with E-state index in [1.54, 1.807) is 0 Å². The van der Waals surface area contributed by atoms with Gasteiger partial charge in [-0.3, -0.25) is 9.80 Å². The van der Waals surface area contributed by atoms with E-state index < -0.39 is 0 Å². The monoisotopic (exact) mass is 342 g/mol. The van der Waals surface area contributed by atoms with Gasteiger partial charge in [-0.2, -0.15) is 0 Å². The molecule has 1 aliphatic heterocycles. The Labute approximate surface area is 148 Å². The second kappa shape index (κ2) is 7.30. The van der Waals surface area contributed by atoms with E-state index in [2.05, 4.69) is 34.1 Å². The molecule has 5 nitrogen and oxygen atoms in total. The minimum atomic E-state index is -0.349. The van der Waals surface area contributed by atoms with Crippen molar-refractivity contribution in [3.8, 4) is 0 Å². The molecule has 0 spiro atoms. The molecule has 0 saturated carbocycles. The third kappa shape index (κ3) is 3.80. The maximum Gasteiger partial charge on any atom is 0.129 e. The molecule has 0 amide bonds. The molecule has 1 aromatic heterocycles. The minimum Gasteiger partial charge on any atom is -0.462 e. The van der Waals surface area contributed by atoms with E-state index >= 15 is 0 Å². The molecule has 0 radical (unpaired) electrons. The Kier molecular flexibility index (Phi) is 4.90. The number of nitrogens with zero attached hydrogens (tertiary/aromatic N) is 2. The van der Waals surface area contributed by atoms with E-state index in [0.717, 1.165) is 38.2 Å². The summed E-state index contributed by atoms with van der Waals surface area (Å²) in [5.74, 6) is 1.44. The van der Waals surface area contributed by atoms with Crippen molar-refractivity contribution in [2.75, 3.05) is 26.2 Å². The Morgan fingerprint density at radius 1 is 0.960 bits per heavy atom. The average Bonchev–Trinajstić information content (AvgIpc) is 3.20. The van der Waals surface area contributed by atoms with E-state index in [0.29, 0.717) is 24.9 Å². The summed E-state index contributed by atoms with van der Waals surface area (Å²) in [7, 11) is 0. The van der Waals surface area contributed by atoms with Gasteiger partial charge in [-0.1, -0.05) is 24.3 Å². The number of benzene rings is 1. The smallest absolute Gasteiger partial charge is 0.129 e. The first-order valence-electron chi connectivity index (χ1n) is 9.11. The van der Waals surface area contributed by atoms with Crippen molar-refractivity contribution in [1.82, 2.24) is 9.80 Å². The van der Waals surface area contributed by atoms with Crippen LogP contribution in [0.25, 0.3) is 0 Å². The molecule has 1 aliphatic carbocycles. The Bertz CT molecular complexity index is 689. The first-order chi connectivity index (χ1) is 12.2. The zero-order valence-electron chi connectivity index (χ0n) is 14.5. The molecule has 1 atom stereocenters. The summed E-state index contributed by atoms with van der Waals surface area (Å²) < 4.78 is 5.59. The summed E-state index contributed by atoms with van der Waals surface area (Å²) in [6.07, 6.45) is 1.82. The van der Waals surface area contributed by atoms with Gasteiger partial charge in [0, 0.05) is 32.2 Å². The van der Waals surface area contributed by atoms with Crippen molar-refractivity contribution >= 4 is 0 Å². The molecule has 2 heterocycles. The van der Waals surface area contributed by atoms with Gasteiger partial charge in [-0.25, -0.2) is 0 Å². The van der Waals surface area contributed by atoms with E-state index in [4.69, 9.17) is 9.52 Å². The Hall–Kier alpha value is -1.66. The highest BCUT2D eigenvalue weighted by molar-refractivity contribution is 5.33. The molecule has 1 saturated heterocycles. The predicted molar refractivity (Wildman–Crippen MR) is 95.1 cm³/mol. The number of β-amino-alcohol motifs (C(OH)–C–C–N with tert-alkyl or cyclic N) is 1. The van der Waals surface area contributed by atoms with Crippen LogP contribution in [0.3, 0.4) is 0 Å². The first kappa shape index (κ1) is 16.8. The number of hydrogen-bond acceptors (Lipinski definition) is 5. The standard InChI is InChI=1S/C20H26N2O3/c23-14-20-6-5-19(25-20)13-21-7-8-22(12-18(24)11-21)17-9-15-3-1-2-4-16(15)10-17/h1-6,17-18,23-24H,7-14H2. The minimum absolute atomic E-state index is 0.0708. The average molecular weight is 342 g/mol. The lowest BCUT2D eigenvalue weighted by atomic mass is 10.1. The molecule has 1 unspecified atom stereocenters. The number of rotatable bonds is 4. The summed E-state index contributed by atoms with van der Waals surface area (Å²) in [4.78, 5) is 4.69. The number of furan rings is 1. The van der Waals surface area contributed by atoms with Crippen molar-refractivity contribution in [3.63, 3.8) is 0 Å². The summed E-state index contributed by atoms with van der Waals surface area (Å²) in [6.45, 7) is 3.87. The van der Waals surface area contributed by atoms with E-state index in [1.807, 2.05) is 12.1 Å². The van der Waals surface area contributed by atoms with E-state index in [9.17, 15) is 5.11 Å². The highest BCUT2D eigenvalue weighted by Crippen LogP contribution is 2.26. The van der Waals surface area contributed by atoms with Gasteiger partial charge in [0.1, 0.15) is 18.1 Å². The van der Waals surface area contributed by atoms with Crippen LogP contribution in [0.4, 0.5) is 0 Å². The van der Waals surface area contributed by atoms with Crippen molar-refractivity contribution in [2.24, 2.45) is 0 Å². The van der Waals surface area contributed by atoms with Gasteiger partial charge in [0.15, 0.2) is 0 Å². The molecule has 1 fully saturated rings. The van der Waals surface area contributed by atoms with Crippen LogP contribution in [0.5, 0.6) is 0 Å². The van der Waals surface area contributed by atoms with Crippen LogP contribution in [0.15, 0.2) is 40.8 Å². The lowest BCUT2D eigenvalue weighted by Crippen LogP contribution is -2.41. The largest absolute Gasteiger partial charge is 0.462 e. The van der Waals surface area contributed by atoms with Crippen LogP contribution in [0, 0.1) is 0 Å². The predicted octanol–water partition coefficient (Wildman–Crippen LogP) is 1.42. The quantitative estimate of drug-likeness (QED) is 0.880. The number of fused-ring (bicyclic) bond motifs is 1. The fourth-order valence-electron chi connectivity index (χ4n) is 4.16. The molecule has 5 heteroatoms. The maximum absolute atomic E-state index is 10.5. The van der Waals surface area contributed by atoms with Crippen LogP contribution >= 0.6 is 0 Å². The van der Waals surface area contributed by atoms with Crippen LogP contribution in [-0.2, 0) is 26.0 Å². The topological polar surface area (TPSA) is 60.1 Å². The van der Waals surface area contributed by atoms with Gasteiger partial charge in [-0.15, -0.1) is 0 Å². The zero-order valence-corrected chi connectivity index (χ0v) is 14.5. The molecule has 134 valence electrons. The van der Waals surface area contributed by atoms with Crippen molar-refractivity contribution in [1.29, 1.82) is 0 Å². The zero-order chi connectivity index (χ0) is 17.2. The SMILES string of the molecule is OCc1ccc(CN2CCN(C3Cc4ccccc4C3)CC(O)C2)o1. The van der Waals surface area contributed by atoms with Gasteiger partial charge >= 0.3 is 0 Å². The molecule has 2 aromatic rings. The first-order valence-corrected chi connectivity index (χ1v) is 9.11. The number of aliphatic hydroxyl groups is 2. The lowest BCUT2D eigenvalue weighted by Gasteiger charge is -2.28. The molecule has 25 heavy (non-hydrogen) atoms. The van der Waals surface area contributed by atoms with Gasteiger partial charge in [0.25, 0.3) is 0 Å². The second-order valence-corrected chi connectivity index (χ2v) is 7.24. The fourth-order valence-corrected chi connectivity index (χ4v) is 4.16. The van der Waals surface area contributed by atoms with Crippen LogP contribution < -0.4 is 0 Å². The van der Waals surface area contributed by atoms with Gasteiger partial charge in [0.05, 0.1) is 12.6 Å². The summed E-state index contributed by atoms with van der Waals surface area (Å²) in [6, 6.07) is 12.9. The molecule has 2 aliphatic rings. The Morgan fingerprint density at radius 3 is 2.36 bits per heavy atom. The lowest BCUT2D eigenvalue weighted by molar-refractivity contribution is 0.0932. The normalized spacial score (nSPS) is 22.9. The van der Waals surface area contributed by atoms with Gasteiger partial charge < -0.3 is 14.6 Å². The third-order valence-electron chi connectivity index (χ3n) is 5.42. The van der Waals surface area contributed by atoms with Crippen molar-refractivity contribution in [2.45, 2.75) is 38.1 Å². The van der Waals surface area contributed by atoms with Crippen LogP contribution in [-0.4, -0.2) is 58.3 Å². The summed E-state index contributed by atoms with van der Waals surface area (Å²) in [5, 5.41) is 19.6. The second-order valence-electron chi connectivity index (χ2n) is 7.24.